The van der Waals surface area contributed by atoms with E-state index >= 15 is 0 Å². The molecule has 0 unspecified atom stereocenters. The first kappa shape index (κ1) is 20.4. The van der Waals surface area contributed by atoms with Crippen molar-refractivity contribution in [2.75, 3.05) is 37.4 Å². The van der Waals surface area contributed by atoms with Crippen LogP contribution in [0.2, 0.25) is 0 Å². The van der Waals surface area contributed by atoms with Crippen LogP contribution in [0.3, 0.4) is 0 Å². The topological polar surface area (TPSA) is 69.7 Å². The third kappa shape index (κ3) is 4.91. The molecule has 1 aliphatic rings. The van der Waals surface area contributed by atoms with Crippen molar-refractivity contribution < 1.29 is 13.2 Å². The first-order valence-electron chi connectivity index (χ1n) is 9.52. The van der Waals surface area contributed by atoms with Gasteiger partial charge in [0.2, 0.25) is 15.9 Å². The van der Waals surface area contributed by atoms with Gasteiger partial charge in [-0.05, 0) is 61.2 Å². The summed E-state index contributed by atoms with van der Waals surface area (Å²) >= 11 is 0. The molecule has 0 radical (unpaired) electrons. The van der Waals surface area contributed by atoms with Crippen molar-refractivity contribution in [3.63, 3.8) is 0 Å². The Balaban J connectivity index is 1.54. The minimum absolute atomic E-state index is 0.0909. The highest BCUT2D eigenvalue weighted by atomic mass is 32.2. The standard InChI is InChI=1S/C21H27N3O3S/c1-23(2)19-10-5-17(6-11-19)7-14-21(25)22-18-8-12-20(13-9-18)28(26,27)24-15-3-4-16-24/h5-6,8-13H,3-4,7,14-16H2,1-2H3,(H,22,25). The quantitative estimate of drug-likeness (QED) is 0.774. The van der Waals surface area contributed by atoms with Gasteiger partial charge in [0.1, 0.15) is 0 Å². The molecule has 0 bridgehead atoms. The van der Waals surface area contributed by atoms with Crippen molar-refractivity contribution in [3.05, 3.63) is 54.1 Å². The van der Waals surface area contributed by atoms with Gasteiger partial charge in [-0.15, -0.1) is 0 Å². The van der Waals surface area contributed by atoms with Gasteiger partial charge in [-0.3, -0.25) is 4.79 Å². The summed E-state index contributed by atoms with van der Waals surface area (Å²) in [6, 6.07) is 14.5. The van der Waals surface area contributed by atoms with E-state index in [2.05, 4.69) is 5.32 Å². The number of sulfonamides is 1. The van der Waals surface area contributed by atoms with Crippen molar-refractivity contribution in [3.8, 4) is 0 Å². The minimum Gasteiger partial charge on any atom is -0.378 e. The van der Waals surface area contributed by atoms with Crippen LogP contribution in [0, 0.1) is 0 Å². The van der Waals surface area contributed by atoms with E-state index in [1.165, 1.54) is 4.31 Å². The number of hydrogen-bond donors (Lipinski definition) is 1. The molecule has 1 fully saturated rings. The van der Waals surface area contributed by atoms with Crippen LogP contribution in [0.4, 0.5) is 11.4 Å². The molecule has 6 nitrogen and oxygen atoms in total. The Hall–Kier alpha value is -2.38. The van der Waals surface area contributed by atoms with Gasteiger partial charge in [0, 0.05) is 45.0 Å². The van der Waals surface area contributed by atoms with Gasteiger partial charge in [0.15, 0.2) is 0 Å². The van der Waals surface area contributed by atoms with Crippen LogP contribution in [0.25, 0.3) is 0 Å². The number of rotatable bonds is 7. The molecular formula is C21H27N3O3S. The predicted molar refractivity (Wildman–Crippen MR) is 112 cm³/mol. The number of carbonyl (C=O) groups is 1. The predicted octanol–water partition coefficient (Wildman–Crippen LogP) is 3.11. The van der Waals surface area contributed by atoms with Crippen molar-refractivity contribution in [2.45, 2.75) is 30.6 Å². The SMILES string of the molecule is CN(C)c1ccc(CCC(=O)Nc2ccc(S(=O)(=O)N3CCCC3)cc2)cc1. The molecule has 2 aromatic carbocycles. The fourth-order valence-electron chi connectivity index (χ4n) is 3.23. The zero-order valence-corrected chi connectivity index (χ0v) is 17.2. The molecule has 1 amide bonds. The third-order valence-corrected chi connectivity index (χ3v) is 6.85. The molecule has 3 rings (SSSR count). The minimum atomic E-state index is -3.42. The second-order valence-electron chi connectivity index (χ2n) is 7.24. The number of hydrogen-bond acceptors (Lipinski definition) is 4. The lowest BCUT2D eigenvalue weighted by molar-refractivity contribution is -0.116. The first-order valence-corrected chi connectivity index (χ1v) is 11.0. The van der Waals surface area contributed by atoms with Gasteiger partial charge in [0.05, 0.1) is 4.90 Å². The maximum absolute atomic E-state index is 12.5. The third-order valence-electron chi connectivity index (χ3n) is 4.93. The summed E-state index contributed by atoms with van der Waals surface area (Å²) in [6.07, 6.45) is 2.84. The van der Waals surface area contributed by atoms with Crippen LogP contribution in [0.5, 0.6) is 0 Å². The lowest BCUT2D eigenvalue weighted by Crippen LogP contribution is -2.27. The Labute approximate surface area is 167 Å². The molecule has 1 saturated heterocycles. The van der Waals surface area contributed by atoms with Crippen LogP contribution in [-0.2, 0) is 21.2 Å². The molecule has 1 aliphatic heterocycles. The van der Waals surface area contributed by atoms with E-state index in [9.17, 15) is 13.2 Å². The summed E-state index contributed by atoms with van der Waals surface area (Å²) < 4.78 is 26.6. The van der Waals surface area contributed by atoms with Crippen LogP contribution >= 0.6 is 0 Å². The zero-order chi connectivity index (χ0) is 20.1. The zero-order valence-electron chi connectivity index (χ0n) is 16.4. The molecule has 1 N–H and O–H groups in total. The molecule has 0 aliphatic carbocycles. The highest BCUT2D eigenvalue weighted by Gasteiger charge is 2.26. The largest absolute Gasteiger partial charge is 0.378 e. The van der Waals surface area contributed by atoms with Crippen molar-refractivity contribution >= 4 is 27.3 Å². The van der Waals surface area contributed by atoms with Crippen molar-refractivity contribution in [2.24, 2.45) is 0 Å². The van der Waals surface area contributed by atoms with Crippen molar-refractivity contribution in [1.82, 2.24) is 4.31 Å². The number of nitrogens with one attached hydrogen (secondary N) is 1. The van der Waals surface area contributed by atoms with Crippen LogP contribution in [-0.4, -0.2) is 45.8 Å². The highest BCUT2D eigenvalue weighted by molar-refractivity contribution is 7.89. The summed E-state index contributed by atoms with van der Waals surface area (Å²) in [5.74, 6) is -0.0909. The lowest BCUT2D eigenvalue weighted by Gasteiger charge is -2.15. The number of nitrogens with zero attached hydrogens (tertiary/aromatic N) is 2. The van der Waals surface area contributed by atoms with Gasteiger partial charge in [0.25, 0.3) is 0 Å². The van der Waals surface area contributed by atoms with Gasteiger partial charge in [-0.1, -0.05) is 12.1 Å². The Bertz CT molecular complexity index is 901. The maximum atomic E-state index is 12.5. The molecule has 7 heteroatoms. The van der Waals surface area contributed by atoms with Crippen LogP contribution in [0.15, 0.2) is 53.4 Å². The van der Waals surface area contributed by atoms with E-state index in [-0.39, 0.29) is 10.8 Å². The Kier molecular flexibility index (Phi) is 6.36. The number of carbonyl (C=O) groups excluding carboxylic acids is 1. The molecule has 28 heavy (non-hydrogen) atoms. The molecule has 2 aromatic rings. The van der Waals surface area contributed by atoms with E-state index in [0.29, 0.717) is 31.6 Å². The second-order valence-corrected chi connectivity index (χ2v) is 9.18. The van der Waals surface area contributed by atoms with E-state index in [4.69, 9.17) is 0 Å². The maximum Gasteiger partial charge on any atom is 0.243 e. The van der Waals surface area contributed by atoms with E-state index in [0.717, 1.165) is 24.1 Å². The van der Waals surface area contributed by atoms with Gasteiger partial charge >= 0.3 is 0 Å². The Morgan fingerprint density at radius 1 is 1.00 bits per heavy atom. The smallest absolute Gasteiger partial charge is 0.243 e. The normalized spacial score (nSPS) is 14.8. The molecular weight excluding hydrogens is 374 g/mol. The monoisotopic (exact) mass is 401 g/mol. The average molecular weight is 402 g/mol. The molecule has 0 aromatic heterocycles. The average Bonchev–Trinajstić information content (AvgIpc) is 3.23. The molecule has 0 spiro atoms. The summed E-state index contributed by atoms with van der Waals surface area (Å²) in [5, 5.41) is 2.83. The second kappa shape index (κ2) is 8.75. The molecule has 0 atom stereocenters. The fourth-order valence-corrected chi connectivity index (χ4v) is 4.75. The summed E-state index contributed by atoms with van der Waals surface area (Å²) in [5.41, 5.74) is 2.83. The van der Waals surface area contributed by atoms with E-state index in [1.54, 1.807) is 24.3 Å². The number of amides is 1. The van der Waals surface area contributed by atoms with Crippen molar-refractivity contribution in [1.29, 1.82) is 0 Å². The van der Waals surface area contributed by atoms with E-state index in [1.807, 2.05) is 43.3 Å². The number of benzene rings is 2. The molecule has 150 valence electrons. The van der Waals surface area contributed by atoms with E-state index < -0.39 is 10.0 Å². The Morgan fingerprint density at radius 2 is 1.61 bits per heavy atom. The highest BCUT2D eigenvalue weighted by Crippen LogP contribution is 2.22. The summed E-state index contributed by atoms with van der Waals surface area (Å²) in [7, 11) is 0.558. The fraction of sp³-hybridized carbons (Fsp3) is 0.381. The first-order chi connectivity index (χ1) is 13.4. The van der Waals surface area contributed by atoms with Crippen LogP contribution in [0.1, 0.15) is 24.8 Å². The van der Waals surface area contributed by atoms with Gasteiger partial charge in [-0.25, -0.2) is 8.42 Å². The molecule has 0 saturated carbocycles. The summed E-state index contributed by atoms with van der Waals surface area (Å²) in [4.78, 5) is 14.5. The summed E-state index contributed by atoms with van der Waals surface area (Å²) in [6.45, 7) is 1.16. The van der Waals surface area contributed by atoms with Gasteiger partial charge in [-0.2, -0.15) is 4.31 Å². The molecule has 1 heterocycles. The van der Waals surface area contributed by atoms with Gasteiger partial charge < -0.3 is 10.2 Å². The number of anilines is 2. The van der Waals surface area contributed by atoms with Crippen LogP contribution < -0.4 is 10.2 Å². The lowest BCUT2D eigenvalue weighted by atomic mass is 10.1. The number of aryl methyl sites for hydroxylation is 1. The Morgan fingerprint density at radius 3 is 2.18 bits per heavy atom.